The van der Waals surface area contributed by atoms with Crippen LogP contribution < -0.4 is 11.1 Å². The molecular formula is C15H27N3O. The molecule has 1 amide bonds. The van der Waals surface area contributed by atoms with E-state index in [4.69, 9.17) is 5.73 Å². The van der Waals surface area contributed by atoms with Gasteiger partial charge in [-0.3, -0.25) is 4.79 Å². The van der Waals surface area contributed by atoms with E-state index in [0.29, 0.717) is 6.04 Å². The van der Waals surface area contributed by atoms with Gasteiger partial charge < -0.3 is 16.0 Å². The number of piperidine rings is 1. The van der Waals surface area contributed by atoms with Gasteiger partial charge in [0.2, 0.25) is 5.91 Å². The van der Waals surface area contributed by atoms with Gasteiger partial charge in [0.25, 0.3) is 0 Å². The van der Waals surface area contributed by atoms with Crippen LogP contribution in [0.15, 0.2) is 12.2 Å². The normalized spacial score (nSPS) is 28.7. The molecule has 4 nitrogen and oxygen atoms in total. The van der Waals surface area contributed by atoms with Crippen molar-refractivity contribution in [3.05, 3.63) is 12.2 Å². The number of nitrogens with zero attached hydrogens (tertiary/aromatic N) is 1. The number of amides is 1. The van der Waals surface area contributed by atoms with Crippen LogP contribution in [-0.2, 0) is 4.79 Å². The van der Waals surface area contributed by atoms with E-state index < -0.39 is 0 Å². The molecule has 1 aliphatic carbocycles. The number of hydrogen-bond acceptors (Lipinski definition) is 3. The van der Waals surface area contributed by atoms with Crippen LogP contribution in [0.4, 0.5) is 0 Å². The van der Waals surface area contributed by atoms with Crippen LogP contribution in [0.2, 0.25) is 0 Å². The first kappa shape index (κ1) is 14.5. The monoisotopic (exact) mass is 265 g/mol. The highest BCUT2D eigenvalue weighted by Crippen LogP contribution is 2.18. The maximum absolute atomic E-state index is 12.1. The van der Waals surface area contributed by atoms with Crippen molar-refractivity contribution in [2.24, 2.45) is 11.7 Å². The second kappa shape index (κ2) is 7.06. The summed E-state index contributed by atoms with van der Waals surface area (Å²) in [5, 5.41) is 3.19. The summed E-state index contributed by atoms with van der Waals surface area (Å²) in [6.45, 7) is 5.67. The van der Waals surface area contributed by atoms with Crippen molar-refractivity contribution in [3.63, 3.8) is 0 Å². The third-order valence-electron chi connectivity index (χ3n) is 4.22. The van der Waals surface area contributed by atoms with E-state index in [1.54, 1.807) is 0 Å². The minimum atomic E-state index is -0.00637. The van der Waals surface area contributed by atoms with E-state index in [2.05, 4.69) is 17.1 Å². The number of carbonyl (C=O) groups excluding carboxylic acids is 1. The molecule has 1 aliphatic heterocycles. The molecule has 0 aromatic heterocycles. The van der Waals surface area contributed by atoms with E-state index in [1.165, 1.54) is 19.4 Å². The number of unbranched alkanes of at least 4 members (excludes halogenated alkanes) is 1. The van der Waals surface area contributed by atoms with Gasteiger partial charge in [0.1, 0.15) is 0 Å². The highest BCUT2D eigenvalue weighted by atomic mass is 16.1. The maximum Gasteiger partial charge on any atom is 0.227 e. The third-order valence-corrected chi connectivity index (χ3v) is 4.22. The van der Waals surface area contributed by atoms with Crippen LogP contribution in [0.1, 0.15) is 39.0 Å². The Bertz CT molecular complexity index is 321. The predicted octanol–water partition coefficient (Wildman–Crippen LogP) is 1.27. The molecule has 2 atom stereocenters. The quantitative estimate of drug-likeness (QED) is 0.736. The minimum Gasteiger partial charge on any atom is -0.353 e. The van der Waals surface area contributed by atoms with Gasteiger partial charge in [-0.05, 0) is 32.2 Å². The highest BCUT2D eigenvalue weighted by molar-refractivity contribution is 5.81. The molecule has 0 aromatic rings. The van der Waals surface area contributed by atoms with Crippen molar-refractivity contribution < 1.29 is 4.79 Å². The molecule has 0 radical (unpaired) electrons. The van der Waals surface area contributed by atoms with Crippen LogP contribution in [0.25, 0.3) is 0 Å². The van der Waals surface area contributed by atoms with Crippen molar-refractivity contribution in [1.29, 1.82) is 0 Å². The van der Waals surface area contributed by atoms with Crippen LogP contribution in [0.3, 0.4) is 0 Å². The molecule has 1 fully saturated rings. The summed E-state index contributed by atoms with van der Waals surface area (Å²) in [5.74, 6) is 0.157. The minimum absolute atomic E-state index is 0.00637. The fourth-order valence-corrected chi connectivity index (χ4v) is 2.91. The second-order valence-corrected chi connectivity index (χ2v) is 5.87. The van der Waals surface area contributed by atoms with Gasteiger partial charge in [-0.2, -0.15) is 0 Å². The first-order valence-electron chi connectivity index (χ1n) is 7.65. The molecule has 3 N–H and O–H groups in total. The molecule has 4 heteroatoms. The molecule has 108 valence electrons. The molecule has 0 spiro atoms. The summed E-state index contributed by atoms with van der Waals surface area (Å²) in [6.07, 6.45) is 9.36. The summed E-state index contributed by atoms with van der Waals surface area (Å²) in [4.78, 5) is 14.6. The van der Waals surface area contributed by atoms with E-state index >= 15 is 0 Å². The number of nitrogens with one attached hydrogen (secondary N) is 1. The van der Waals surface area contributed by atoms with Crippen molar-refractivity contribution in [2.45, 2.75) is 51.1 Å². The molecular weight excluding hydrogens is 238 g/mol. The molecule has 0 aromatic carbocycles. The summed E-state index contributed by atoms with van der Waals surface area (Å²) in [6, 6.07) is 0.419. The highest BCUT2D eigenvalue weighted by Gasteiger charge is 2.26. The van der Waals surface area contributed by atoms with Crippen LogP contribution >= 0.6 is 0 Å². The van der Waals surface area contributed by atoms with E-state index in [0.717, 1.165) is 32.4 Å². The molecule has 1 heterocycles. The Balaban J connectivity index is 1.68. The number of likely N-dealkylation sites (tertiary alicyclic amines) is 1. The van der Waals surface area contributed by atoms with Gasteiger partial charge >= 0.3 is 0 Å². The van der Waals surface area contributed by atoms with Crippen molar-refractivity contribution >= 4 is 5.91 Å². The lowest BCUT2D eigenvalue weighted by molar-refractivity contribution is -0.124. The second-order valence-electron chi connectivity index (χ2n) is 5.87. The fraction of sp³-hybridized carbons (Fsp3) is 0.800. The Morgan fingerprint density at radius 1 is 1.37 bits per heavy atom. The molecule has 0 bridgehead atoms. The van der Waals surface area contributed by atoms with Gasteiger partial charge in [0.15, 0.2) is 0 Å². The van der Waals surface area contributed by atoms with Crippen LogP contribution in [0, 0.1) is 5.92 Å². The van der Waals surface area contributed by atoms with Crippen LogP contribution in [-0.4, -0.2) is 42.5 Å². The third kappa shape index (κ3) is 4.32. The van der Waals surface area contributed by atoms with Gasteiger partial charge in [0, 0.05) is 25.2 Å². The maximum atomic E-state index is 12.1. The average Bonchev–Trinajstić information content (AvgIpc) is 2.85. The van der Waals surface area contributed by atoms with Crippen molar-refractivity contribution in [2.75, 3.05) is 19.6 Å². The largest absolute Gasteiger partial charge is 0.353 e. The average molecular weight is 265 g/mol. The molecule has 2 unspecified atom stereocenters. The van der Waals surface area contributed by atoms with E-state index in [1.807, 2.05) is 12.2 Å². The van der Waals surface area contributed by atoms with Crippen molar-refractivity contribution in [1.82, 2.24) is 10.2 Å². The Kier molecular flexibility index (Phi) is 5.40. The van der Waals surface area contributed by atoms with Gasteiger partial charge in [-0.15, -0.1) is 0 Å². The summed E-state index contributed by atoms with van der Waals surface area (Å²) >= 11 is 0. The Hall–Kier alpha value is -0.870. The van der Waals surface area contributed by atoms with E-state index in [-0.39, 0.29) is 17.9 Å². The molecule has 0 saturated carbocycles. The lowest BCUT2D eigenvalue weighted by atomic mass is 10.0. The zero-order chi connectivity index (χ0) is 13.7. The summed E-state index contributed by atoms with van der Waals surface area (Å²) < 4.78 is 0. The number of nitrogens with two attached hydrogens (primary N) is 1. The standard InChI is InChI=1S/C15H27N3O/c1-2-3-8-18-9-6-14(7-10-18)17-15(19)12-4-5-13(16)11-12/h4-5,12-14H,2-3,6-11,16H2,1H3,(H,17,19). The SMILES string of the molecule is CCCCN1CCC(NC(=O)C2C=CC(N)C2)CC1. The Morgan fingerprint density at radius 3 is 2.68 bits per heavy atom. The lowest BCUT2D eigenvalue weighted by Crippen LogP contribution is -2.46. The zero-order valence-electron chi connectivity index (χ0n) is 12.0. The first-order chi connectivity index (χ1) is 9.19. The van der Waals surface area contributed by atoms with E-state index in [9.17, 15) is 4.79 Å². The van der Waals surface area contributed by atoms with Gasteiger partial charge in [0.05, 0.1) is 5.92 Å². The Labute approximate surface area is 116 Å². The topological polar surface area (TPSA) is 58.4 Å². The van der Waals surface area contributed by atoms with Crippen molar-refractivity contribution in [3.8, 4) is 0 Å². The summed E-state index contributed by atoms with van der Waals surface area (Å²) in [7, 11) is 0. The number of hydrogen-bond donors (Lipinski definition) is 2. The number of carbonyl (C=O) groups is 1. The Morgan fingerprint density at radius 2 is 2.11 bits per heavy atom. The predicted molar refractivity (Wildman–Crippen MR) is 77.7 cm³/mol. The molecule has 2 rings (SSSR count). The smallest absolute Gasteiger partial charge is 0.227 e. The molecule has 2 aliphatic rings. The zero-order valence-corrected chi connectivity index (χ0v) is 12.0. The molecule has 1 saturated heterocycles. The number of rotatable bonds is 5. The fourth-order valence-electron chi connectivity index (χ4n) is 2.91. The molecule has 19 heavy (non-hydrogen) atoms. The van der Waals surface area contributed by atoms with Gasteiger partial charge in [-0.25, -0.2) is 0 Å². The van der Waals surface area contributed by atoms with Gasteiger partial charge in [-0.1, -0.05) is 25.5 Å². The first-order valence-corrected chi connectivity index (χ1v) is 7.65. The lowest BCUT2D eigenvalue weighted by Gasteiger charge is -2.32. The summed E-state index contributed by atoms with van der Waals surface area (Å²) in [5.41, 5.74) is 5.79. The van der Waals surface area contributed by atoms with Crippen LogP contribution in [0.5, 0.6) is 0 Å².